The Morgan fingerprint density at radius 2 is 1.75 bits per heavy atom. The van der Waals surface area contributed by atoms with Crippen LogP contribution in [0.3, 0.4) is 0 Å². The topological polar surface area (TPSA) is 87.9 Å². The first-order chi connectivity index (χ1) is 9.12. The molecule has 0 heterocycles. The zero-order valence-electron chi connectivity index (χ0n) is 12.9. The van der Waals surface area contributed by atoms with E-state index in [0.717, 1.165) is 0 Å². The fourth-order valence-electron chi connectivity index (χ4n) is 1.34. The number of hydrogen-bond donors (Lipinski definition) is 1. The lowest BCUT2D eigenvalue weighted by atomic mass is 10.2. The minimum Gasteiger partial charge on any atom is -0.460 e. The molecule has 0 aromatic rings. The number of carbonyl (C=O) groups excluding carboxylic acids is 1. The van der Waals surface area contributed by atoms with E-state index >= 15 is 0 Å². The van der Waals surface area contributed by atoms with Crippen LogP contribution >= 0.6 is 7.60 Å². The summed E-state index contributed by atoms with van der Waals surface area (Å²) in [5, 5.41) is 0. The van der Waals surface area contributed by atoms with Crippen LogP contribution in [0.15, 0.2) is 11.9 Å². The Morgan fingerprint density at radius 3 is 2.15 bits per heavy atom. The highest BCUT2D eigenvalue weighted by atomic mass is 31.2. The van der Waals surface area contributed by atoms with Crippen LogP contribution in [0.4, 0.5) is 0 Å². The summed E-state index contributed by atoms with van der Waals surface area (Å²) in [5.41, 5.74) is 5.22. The third-order valence-electron chi connectivity index (χ3n) is 1.96. The van der Waals surface area contributed by atoms with Gasteiger partial charge in [-0.1, -0.05) is 6.08 Å². The second-order valence-electron chi connectivity index (χ2n) is 5.17. The van der Waals surface area contributed by atoms with Crippen molar-refractivity contribution in [2.75, 3.05) is 13.2 Å². The van der Waals surface area contributed by atoms with Crippen LogP contribution in [0.2, 0.25) is 0 Å². The summed E-state index contributed by atoms with van der Waals surface area (Å²) in [6.07, 6.45) is 1.46. The smallest absolute Gasteiger partial charge is 0.353 e. The summed E-state index contributed by atoms with van der Waals surface area (Å²) in [7, 11) is -3.27. The van der Waals surface area contributed by atoms with E-state index in [-0.39, 0.29) is 19.6 Å². The van der Waals surface area contributed by atoms with E-state index in [9.17, 15) is 9.36 Å². The van der Waals surface area contributed by atoms with E-state index in [1.807, 2.05) is 0 Å². The lowest BCUT2D eigenvalue weighted by Gasteiger charge is -2.20. The average molecular weight is 307 g/mol. The van der Waals surface area contributed by atoms with Crippen molar-refractivity contribution >= 4 is 13.6 Å². The second-order valence-corrected chi connectivity index (χ2v) is 7.07. The molecular weight excluding hydrogens is 281 g/mol. The molecule has 0 aliphatic rings. The summed E-state index contributed by atoms with van der Waals surface area (Å²) in [6.45, 7) is 9.33. The summed E-state index contributed by atoms with van der Waals surface area (Å²) in [4.78, 5) is 11.6. The molecule has 0 fully saturated rings. The van der Waals surface area contributed by atoms with Gasteiger partial charge in [0.15, 0.2) is 0 Å². The number of carbonyl (C=O) groups is 1. The van der Waals surface area contributed by atoms with Gasteiger partial charge in [-0.25, -0.2) is 0 Å². The molecule has 118 valence electrons. The fourth-order valence-corrected chi connectivity index (χ4v) is 2.74. The predicted molar refractivity (Wildman–Crippen MR) is 78.4 cm³/mol. The second kappa shape index (κ2) is 8.57. The molecule has 0 radical (unpaired) electrons. The van der Waals surface area contributed by atoms with E-state index < -0.39 is 25.2 Å². The zero-order valence-corrected chi connectivity index (χ0v) is 13.8. The lowest BCUT2D eigenvalue weighted by molar-refractivity contribution is -0.154. The SMILES string of the molecule is CCOP(=O)(C=CC(N)CC(=O)OC(C)(C)C)OCC. The molecule has 0 aromatic carbocycles. The van der Waals surface area contributed by atoms with Crippen LogP contribution in [0.1, 0.15) is 41.0 Å². The molecule has 0 aromatic heterocycles. The number of ether oxygens (including phenoxy) is 1. The van der Waals surface area contributed by atoms with E-state index in [4.69, 9.17) is 19.5 Å². The van der Waals surface area contributed by atoms with Crippen molar-refractivity contribution in [2.45, 2.75) is 52.7 Å². The van der Waals surface area contributed by atoms with Crippen LogP contribution < -0.4 is 5.73 Å². The van der Waals surface area contributed by atoms with Crippen LogP contribution in [0.5, 0.6) is 0 Å². The van der Waals surface area contributed by atoms with Crippen molar-refractivity contribution in [1.29, 1.82) is 0 Å². The Kier molecular flexibility index (Phi) is 8.28. The molecule has 0 saturated heterocycles. The van der Waals surface area contributed by atoms with Gasteiger partial charge in [0.2, 0.25) is 0 Å². The molecule has 0 bridgehead atoms. The zero-order chi connectivity index (χ0) is 15.8. The van der Waals surface area contributed by atoms with E-state index in [2.05, 4.69) is 0 Å². The highest BCUT2D eigenvalue weighted by Gasteiger charge is 2.21. The summed E-state index contributed by atoms with van der Waals surface area (Å²) < 4.78 is 27.4. The quantitative estimate of drug-likeness (QED) is 0.548. The van der Waals surface area contributed by atoms with Gasteiger partial charge in [0, 0.05) is 11.9 Å². The van der Waals surface area contributed by atoms with Crippen molar-refractivity contribution in [3.63, 3.8) is 0 Å². The first-order valence-corrected chi connectivity index (χ1v) is 8.28. The largest absolute Gasteiger partial charge is 0.460 e. The number of hydrogen-bond acceptors (Lipinski definition) is 6. The number of esters is 1. The van der Waals surface area contributed by atoms with Gasteiger partial charge in [0.05, 0.1) is 19.6 Å². The van der Waals surface area contributed by atoms with E-state index in [1.165, 1.54) is 11.9 Å². The standard InChI is InChI=1S/C13H26NO5P/c1-6-17-20(16,18-7-2)9-8-11(14)10-12(15)19-13(3,4)5/h8-9,11H,6-7,10,14H2,1-5H3. The van der Waals surface area contributed by atoms with Gasteiger partial charge in [0.1, 0.15) is 5.60 Å². The molecule has 20 heavy (non-hydrogen) atoms. The van der Waals surface area contributed by atoms with Crippen molar-refractivity contribution in [1.82, 2.24) is 0 Å². The molecule has 0 amide bonds. The molecular formula is C13H26NO5P. The highest BCUT2D eigenvalue weighted by Crippen LogP contribution is 2.49. The van der Waals surface area contributed by atoms with E-state index in [0.29, 0.717) is 0 Å². The van der Waals surface area contributed by atoms with Gasteiger partial charge in [-0.15, -0.1) is 0 Å². The molecule has 0 rings (SSSR count). The lowest BCUT2D eigenvalue weighted by Crippen LogP contribution is -2.29. The van der Waals surface area contributed by atoms with Gasteiger partial charge < -0.3 is 19.5 Å². The molecule has 0 aliphatic heterocycles. The van der Waals surface area contributed by atoms with Gasteiger partial charge in [-0.3, -0.25) is 9.36 Å². The highest BCUT2D eigenvalue weighted by molar-refractivity contribution is 7.57. The van der Waals surface area contributed by atoms with Crippen LogP contribution in [0, 0.1) is 0 Å². The number of nitrogens with two attached hydrogens (primary N) is 1. The maximum Gasteiger partial charge on any atom is 0.353 e. The summed E-state index contributed by atoms with van der Waals surface area (Å²) >= 11 is 0. The number of rotatable bonds is 8. The predicted octanol–water partition coefficient (Wildman–Crippen LogP) is 2.83. The van der Waals surface area contributed by atoms with Crippen molar-refractivity contribution in [3.8, 4) is 0 Å². The molecule has 7 heteroatoms. The van der Waals surface area contributed by atoms with Crippen LogP contribution in [-0.2, 0) is 23.1 Å². The third kappa shape index (κ3) is 9.26. The Morgan fingerprint density at radius 1 is 1.25 bits per heavy atom. The molecule has 1 unspecified atom stereocenters. The van der Waals surface area contributed by atoms with Crippen molar-refractivity contribution < 1.29 is 23.1 Å². The van der Waals surface area contributed by atoms with E-state index in [1.54, 1.807) is 34.6 Å². The monoisotopic (exact) mass is 307 g/mol. The minimum absolute atomic E-state index is 0.00597. The molecule has 0 spiro atoms. The Balaban J connectivity index is 4.50. The van der Waals surface area contributed by atoms with Gasteiger partial charge in [-0.05, 0) is 34.6 Å². The Labute approximate surface area is 121 Å². The summed E-state index contributed by atoms with van der Waals surface area (Å²) in [6, 6.07) is -0.598. The van der Waals surface area contributed by atoms with Crippen molar-refractivity contribution in [2.24, 2.45) is 5.73 Å². The van der Waals surface area contributed by atoms with Crippen LogP contribution in [0.25, 0.3) is 0 Å². The molecule has 0 saturated carbocycles. The first-order valence-electron chi connectivity index (χ1n) is 6.67. The Bertz CT molecular complexity index is 365. The fraction of sp³-hybridized carbons (Fsp3) is 0.769. The molecule has 1 atom stereocenters. The third-order valence-corrected chi connectivity index (χ3v) is 3.73. The minimum atomic E-state index is -3.27. The first kappa shape index (κ1) is 19.3. The normalized spacial score (nSPS) is 14.5. The average Bonchev–Trinajstić information content (AvgIpc) is 2.24. The molecule has 6 nitrogen and oxygen atoms in total. The van der Waals surface area contributed by atoms with Gasteiger partial charge >= 0.3 is 13.6 Å². The van der Waals surface area contributed by atoms with Crippen LogP contribution in [-0.4, -0.2) is 30.8 Å². The van der Waals surface area contributed by atoms with Gasteiger partial charge in [-0.2, -0.15) is 0 Å². The molecule has 2 N–H and O–H groups in total. The van der Waals surface area contributed by atoms with Crippen molar-refractivity contribution in [3.05, 3.63) is 11.9 Å². The summed E-state index contributed by atoms with van der Waals surface area (Å²) in [5.74, 6) is 0.895. The maximum atomic E-state index is 12.1. The Hall–Kier alpha value is -0.680. The molecule has 0 aliphatic carbocycles. The maximum absolute atomic E-state index is 12.1. The van der Waals surface area contributed by atoms with Gasteiger partial charge in [0.25, 0.3) is 0 Å².